The zero-order chi connectivity index (χ0) is 11.8. The summed E-state index contributed by atoms with van der Waals surface area (Å²) in [6, 6.07) is 5.15. The van der Waals surface area contributed by atoms with Gasteiger partial charge in [-0.25, -0.2) is 4.79 Å². The first-order valence-electron chi connectivity index (χ1n) is 4.10. The van der Waals surface area contributed by atoms with Gasteiger partial charge < -0.3 is 4.74 Å². The minimum absolute atomic E-state index is 0.363. The van der Waals surface area contributed by atoms with Crippen LogP contribution in [0.25, 0.3) is 0 Å². The minimum atomic E-state index is -0.363. The molecule has 0 radical (unpaired) electrons. The Morgan fingerprint density at radius 1 is 1.40 bits per heavy atom. The fraction of sp³-hybridized carbons (Fsp3) is 0.182. The third-order valence-electron chi connectivity index (χ3n) is 1.53. The number of rotatable bonds is 2. The lowest BCUT2D eigenvalue weighted by Crippen LogP contribution is -2.00. The number of carbonyl (C=O) groups is 1. The maximum atomic E-state index is 11.1. The number of hydrogen-bond donors (Lipinski definition) is 0. The van der Waals surface area contributed by atoms with Crippen molar-refractivity contribution in [2.75, 3.05) is 13.4 Å². The quantitative estimate of drug-likeness (QED) is 0.451. The highest BCUT2D eigenvalue weighted by Gasteiger charge is 2.07. The van der Waals surface area contributed by atoms with Crippen LogP contribution in [0.5, 0.6) is 0 Å². The molecule has 0 atom stereocenters. The van der Waals surface area contributed by atoms with Gasteiger partial charge in [0.2, 0.25) is 0 Å². The third-order valence-corrected chi connectivity index (χ3v) is 2.45. The molecule has 1 aromatic rings. The predicted molar refractivity (Wildman–Crippen MR) is 65.8 cm³/mol. The summed E-state index contributed by atoms with van der Waals surface area (Å²) >= 11 is 7.34. The molecule has 2 nitrogen and oxygen atoms in total. The van der Waals surface area contributed by atoms with Gasteiger partial charge in [-0.1, -0.05) is 11.6 Å². The molecule has 0 unspecified atom stereocenters. The van der Waals surface area contributed by atoms with E-state index in [-0.39, 0.29) is 5.97 Å². The second-order valence-corrected chi connectivity index (χ2v) is 3.69. The first kappa shape index (κ1) is 14.1. The van der Waals surface area contributed by atoms with Crippen LogP contribution in [0.3, 0.4) is 0 Å². The summed E-state index contributed by atoms with van der Waals surface area (Å²) in [6.07, 6.45) is 1.92. The summed E-state index contributed by atoms with van der Waals surface area (Å²) in [5.41, 5.74) is 0.486. The SMILES string of the molecule is C=C.COC(=O)c1cc(Cl)cc(SC)c1. The van der Waals surface area contributed by atoms with Crippen molar-refractivity contribution in [1.82, 2.24) is 0 Å². The molecule has 0 aromatic heterocycles. The van der Waals surface area contributed by atoms with E-state index in [1.165, 1.54) is 18.9 Å². The van der Waals surface area contributed by atoms with Crippen LogP contribution in [0, 0.1) is 0 Å². The van der Waals surface area contributed by atoms with E-state index in [0.29, 0.717) is 10.6 Å². The van der Waals surface area contributed by atoms with E-state index < -0.39 is 0 Å². The number of methoxy groups -OCH3 is 1. The van der Waals surface area contributed by atoms with Gasteiger partial charge in [0.25, 0.3) is 0 Å². The number of benzene rings is 1. The maximum absolute atomic E-state index is 11.1. The van der Waals surface area contributed by atoms with E-state index in [9.17, 15) is 4.79 Å². The minimum Gasteiger partial charge on any atom is -0.465 e. The second kappa shape index (κ2) is 7.37. The highest BCUT2D eigenvalue weighted by Crippen LogP contribution is 2.22. The van der Waals surface area contributed by atoms with Gasteiger partial charge in [0.05, 0.1) is 12.7 Å². The standard InChI is InChI=1S/C9H9ClO2S.C2H4/c1-12-9(11)6-3-7(10)5-8(4-6)13-2;1-2/h3-5H,1-2H3;1-2H2. The van der Waals surface area contributed by atoms with Crippen molar-refractivity contribution in [2.24, 2.45) is 0 Å². The van der Waals surface area contributed by atoms with Gasteiger partial charge in [-0.2, -0.15) is 0 Å². The lowest BCUT2D eigenvalue weighted by atomic mass is 10.2. The lowest BCUT2D eigenvalue weighted by molar-refractivity contribution is 0.0600. The van der Waals surface area contributed by atoms with Crippen LogP contribution < -0.4 is 0 Å². The molecule has 0 aliphatic rings. The Labute approximate surface area is 99.3 Å². The third kappa shape index (κ3) is 4.40. The summed E-state index contributed by atoms with van der Waals surface area (Å²) in [5.74, 6) is -0.363. The van der Waals surface area contributed by atoms with Crippen LogP contribution in [-0.4, -0.2) is 19.3 Å². The molecular formula is C11H13ClO2S. The molecule has 0 amide bonds. The van der Waals surface area contributed by atoms with Crippen molar-refractivity contribution in [3.05, 3.63) is 41.9 Å². The molecule has 1 rings (SSSR count). The van der Waals surface area contributed by atoms with E-state index in [2.05, 4.69) is 17.9 Å². The smallest absolute Gasteiger partial charge is 0.337 e. The van der Waals surface area contributed by atoms with Crippen molar-refractivity contribution in [2.45, 2.75) is 4.90 Å². The van der Waals surface area contributed by atoms with Gasteiger partial charge in [-0.05, 0) is 24.5 Å². The molecule has 0 aliphatic carbocycles. The molecule has 0 saturated carbocycles. The van der Waals surface area contributed by atoms with Crippen LogP contribution in [-0.2, 0) is 4.74 Å². The molecule has 0 saturated heterocycles. The Balaban J connectivity index is 0.000000921. The summed E-state index contributed by atoms with van der Waals surface area (Å²) in [4.78, 5) is 12.1. The Kier molecular flexibility index (Phi) is 6.92. The Bertz CT molecular complexity index is 339. The van der Waals surface area contributed by atoms with Crippen LogP contribution >= 0.6 is 23.4 Å². The number of carbonyl (C=O) groups excluding carboxylic acids is 1. The van der Waals surface area contributed by atoms with E-state index >= 15 is 0 Å². The molecule has 0 N–H and O–H groups in total. The largest absolute Gasteiger partial charge is 0.465 e. The summed E-state index contributed by atoms with van der Waals surface area (Å²) in [5, 5.41) is 0.548. The van der Waals surface area contributed by atoms with Crippen molar-refractivity contribution in [3.63, 3.8) is 0 Å². The summed E-state index contributed by atoms with van der Waals surface area (Å²) in [6.45, 7) is 6.00. The predicted octanol–water partition coefficient (Wildman–Crippen LogP) is 3.65. The van der Waals surface area contributed by atoms with E-state index in [4.69, 9.17) is 11.6 Å². The molecule has 0 spiro atoms. The van der Waals surface area contributed by atoms with E-state index in [1.807, 2.05) is 6.26 Å². The van der Waals surface area contributed by atoms with Crippen LogP contribution in [0.4, 0.5) is 0 Å². The lowest BCUT2D eigenvalue weighted by Gasteiger charge is -2.02. The Morgan fingerprint density at radius 3 is 2.47 bits per heavy atom. The molecule has 15 heavy (non-hydrogen) atoms. The molecule has 0 aliphatic heterocycles. The number of ether oxygens (including phenoxy) is 1. The number of halogens is 1. The first-order valence-corrected chi connectivity index (χ1v) is 5.70. The molecule has 82 valence electrons. The van der Waals surface area contributed by atoms with Crippen LogP contribution in [0.15, 0.2) is 36.3 Å². The van der Waals surface area contributed by atoms with Crippen molar-refractivity contribution >= 4 is 29.3 Å². The highest BCUT2D eigenvalue weighted by molar-refractivity contribution is 7.98. The van der Waals surface area contributed by atoms with Crippen LogP contribution in [0.1, 0.15) is 10.4 Å². The Morgan fingerprint density at radius 2 is 2.00 bits per heavy atom. The van der Waals surface area contributed by atoms with Gasteiger partial charge in [0, 0.05) is 9.92 Å². The van der Waals surface area contributed by atoms with Gasteiger partial charge in [-0.3, -0.25) is 0 Å². The number of esters is 1. The fourth-order valence-electron chi connectivity index (χ4n) is 0.916. The normalized spacial score (nSPS) is 8.73. The topological polar surface area (TPSA) is 26.3 Å². The van der Waals surface area contributed by atoms with Crippen molar-refractivity contribution < 1.29 is 9.53 Å². The fourth-order valence-corrected chi connectivity index (χ4v) is 1.71. The molecule has 0 bridgehead atoms. The van der Waals surface area contributed by atoms with Gasteiger partial charge >= 0.3 is 5.97 Å². The molecule has 4 heteroatoms. The van der Waals surface area contributed by atoms with E-state index in [1.54, 1.807) is 18.2 Å². The highest BCUT2D eigenvalue weighted by atomic mass is 35.5. The molecule has 0 fully saturated rings. The van der Waals surface area contributed by atoms with Gasteiger partial charge in [0.15, 0.2) is 0 Å². The average Bonchev–Trinajstić information content (AvgIpc) is 2.29. The second-order valence-electron chi connectivity index (χ2n) is 2.37. The monoisotopic (exact) mass is 244 g/mol. The van der Waals surface area contributed by atoms with Crippen molar-refractivity contribution in [1.29, 1.82) is 0 Å². The Hall–Kier alpha value is -0.930. The zero-order valence-corrected chi connectivity index (χ0v) is 10.3. The summed E-state index contributed by atoms with van der Waals surface area (Å²) < 4.78 is 4.58. The van der Waals surface area contributed by atoms with E-state index in [0.717, 1.165) is 4.90 Å². The average molecular weight is 245 g/mol. The first-order chi connectivity index (χ1) is 7.17. The number of hydrogen-bond acceptors (Lipinski definition) is 3. The molecule has 1 aromatic carbocycles. The van der Waals surface area contributed by atoms with Crippen molar-refractivity contribution in [3.8, 4) is 0 Å². The van der Waals surface area contributed by atoms with Crippen LogP contribution in [0.2, 0.25) is 5.02 Å². The van der Waals surface area contributed by atoms with Gasteiger partial charge in [0.1, 0.15) is 0 Å². The number of thioether (sulfide) groups is 1. The maximum Gasteiger partial charge on any atom is 0.337 e. The molecule has 0 heterocycles. The van der Waals surface area contributed by atoms with Gasteiger partial charge in [-0.15, -0.1) is 24.9 Å². The zero-order valence-electron chi connectivity index (χ0n) is 8.75. The molecular weight excluding hydrogens is 232 g/mol. The summed E-state index contributed by atoms with van der Waals surface area (Å²) in [7, 11) is 1.35.